The molecule has 0 aliphatic heterocycles. The summed E-state index contributed by atoms with van der Waals surface area (Å²) in [5, 5.41) is 21.3. The lowest BCUT2D eigenvalue weighted by Crippen LogP contribution is -2.14. The second-order valence-corrected chi connectivity index (χ2v) is 13.6. The molecule has 8 nitrogen and oxygen atoms in total. The van der Waals surface area contributed by atoms with Gasteiger partial charge >= 0.3 is 12.1 Å². The SMILES string of the molecule is NS(=O)(=O)c1ccc(Cc2c(-c3cccc(-c4ccc(CC(F)(F)F)cc4)c3)nn(-c3nc(C(=O)O)cs3)c2CC2CC2)cc1F. The van der Waals surface area contributed by atoms with E-state index in [1.54, 1.807) is 22.9 Å². The molecule has 0 amide bonds. The van der Waals surface area contributed by atoms with Crippen LogP contribution in [0.3, 0.4) is 0 Å². The minimum atomic E-state index is -4.32. The number of aromatic carboxylic acids is 1. The summed E-state index contributed by atoms with van der Waals surface area (Å²) in [5.74, 6) is -1.80. The minimum Gasteiger partial charge on any atom is -0.476 e. The van der Waals surface area contributed by atoms with Gasteiger partial charge in [-0.15, -0.1) is 11.3 Å². The molecule has 0 spiro atoms. The maximum absolute atomic E-state index is 14.9. The van der Waals surface area contributed by atoms with Crippen molar-refractivity contribution < 1.29 is 35.9 Å². The van der Waals surface area contributed by atoms with Crippen LogP contribution < -0.4 is 5.14 Å². The van der Waals surface area contributed by atoms with Gasteiger partial charge in [-0.25, -0.2) is 32.4 Å². The van der Waals surface area contributed by atoms with Crippen LogP contribution in [0, 0.1) is 11.7 Å². The lowest BCUT2D eigenvalue weighted by atomic mass is 9.95. The highest BCUT2D eigenvalue weighted by atomic mass is 32.2. The fraction of sp³-hybridized carbons (Fsp3) is 0.219. The standard InChI is InChI=1S/C32H26F4N4O4S2/c33-25-13-20(8-11-28(25)46(37,43)44)12-24-27(14-18-4-5-18)40(31-38-26(17-45-31)30(41)42)39-29(24)23-3-1-2-22(15-23)21-9-6-19(7-10-21)16-32(34,35)36/h1-3,6-11,13,15,17-18H,4-5,12,14,16H2,(H,41,42)(H2,37,43,44). The molecule has 5 aromatic rings. The molecule has 2 aromatic heterocycles. The van der Waals surface area contributed by atoms with Gasteiger partial charge in [0.2, 0.25) is 15.2 Å². The number of primary sulfonamides is 1. The van der Waals surface area contributed by atoms with Gasteiger partial charge in [0, 0.05) is 22.9 Å². The Hall–Kier alpha value is -4.40. The Morgan fingerprint density at radius 1 is 1.00 bits per heavy atom. The number of halogens is 4. The molecule has 46 heavy (non-hydrogen) atoms. The molecule has 1 saturated carbocycles. The number of sulfonamides is 1. The molecule has 14 heteroatoms. The number of carboxylic acids is 1. The third-order valence-electron chi connectivity index (χ3n) is 7.67. The maximum Gasteiger partial charge on any atom is 0.393 e. The van der Waals surface area contributed by atoms with Crippen LogP contribution >= 0.6 is 11.3 Å². The molecule has 3 aromatic carbocycles. The number of rotatable bonds is 10. The summed E-state index contributed by atoms with van der Waals surface area (Å²) in [6.07, 6.45) is -2.60. The summed E-state index contributed by atoms with van der Waals surface area (Å²) in [7, 11) is -4.27. The highest BCUT2D eigenvalue weighted by Crippen LogP contribution is 2.39. The molecule has 1 fully saturated rings. The summed E-state index contributed by atoms with van der Waals surface area (Å²) >= 11 is 1.12. The summed E-state index contributed by atoms with van der Waals surface area (Å²) in [6.45, 7) is 0. The summed E-state index contributed by atoms with van der Waals surface area (Å²) < 4.78 is 78.8. The molecule has 238 valence electrons. The van der Waals surface area contributed by atoms with Gasteiger partial charge in [-0.3, -0.25) is 0 Å². The number of carboxylic acid groups (broad SMARTS) is 1. The Morgan fingerprint density at radius 2 is 1.70 bits per heavy atom. The zero-order valence-electron chi connectivity index (χ0n) is 24.0. The van der Waals surface area contributed by atoms with E-state index in [4.69, 9.17) is 10.2 Å². The smallest absolute Gasteiger partial charge is 0.393 e. The first kappa shape index (κ1) is 31.6. The van der Waals surface area contributed by atoms with Crippen molar-refractivity contribution in [2.24, 2.45) is 11.1 Å². The predicted molar refractivity (Wildman–Crippen MR) is 164 cm³/mol. The highest BCUT2D eigenvalue weighted by Gasteiger charge is 2.30. The van der Waals surface area contributed by atoms with E-state index in [2.05, 4.69) is 4.98 Å². The molecule has 0 unspecified atom stereocenters. The Bertz CT molecular complexity index is 2050. The third-order valence-corrected chi connectivity index (χ3v) is 9.43. The summed E-state index contributed by atoms with van der Waals surface area (Å²) in [5.41, 5.74) is 4.57. The van der Waals surface area contributed by atoms with E-state index in [9.17, 15) is 35.9 Å². The van der Waals surface area contributed by atoms with Gasteiger partial charge < -0.3 is 5.11 Å². The number of alkyl halides is 3. The zero-order chi connectivity index (χ0) is 32.8. The molecule has 0 bridgehead atoms. The molecular formula is C32H26F4N4O4S2. The van der Waals surface area contributed by atoms with Gasteiger partial charge in [-0.05, 0) is 65.6 Å². The van der Waals surface area contributed by atoms with Gasteiger partial charge in [-0.2, -0.15) is 18.3 Å². The van der Waals surface area contributed by atoms with Crippen molar-refractivity contribution >= 4 is 27.3 Å². The van der Waals surface area contributed by atoms with Crippen molar-refractivity contribution in [1.29, 1.82) is 0 Å². The Balaban J connectivity index is 1.47. The normalized spacial score (nSPS) is 13.7. The average molecular weight is 671 g/mol. The van der Waals surface area contributed by atoms with Crippen molar-refractivity contribution in [3.8, 4) is 27.5 Å². The van der Waals surface area contributed by atoms with Crippen molar-refractivity contribution in [2.75, 3.05) is 0 Å². The zero-order valence-corrected chi connectivity index (χ0v) is 25.6. The average Bonchev–Trinajstić information content (AvgIpc) is 3.54. The number of hydrogen-bond acceptors (Lipinski definition) is 6. The van der Waals surface area contributed by atoms with E-state index < -0.39 is 39.3 Å². The van der Waals surface area contributed by atoms with E-state index in [1.165, 1.54) is 23.6 Å². The highest BCUT2D eigenvalue weighted by molar-refractivity contribution is 7.89. The number of hydrogen-bond donors (Lipinski definition) is 2. The molecule has 2 heterocycles. The second kappa shape index (κ2) is 12.1. The van der Waals surface area contributed by atoms with Gasteiger partial charge in [0.1, 0.15) is 10.7 Å². The fourth-order valence-electron chi connectivity index (χ4n) is 5.31. The Labute approximate surface area is 265 Å². The summed E-state index contributed by atoms with van der Waals surface area (Å²) in [6, 6.07) is 17.1. The lowest BCUT2D eigenvalue weighted by Gasteiger charge is -2.11. The molecule has 0 atom stereocenters. The number of carbonyl (C=O) groups is 1. The number of thiazole rings is 1. The third kappa shape index (κ3) is 7.03. The van der Waals surface area contributed by atoms with Crippen LogP contribution in [-0.2, 0) is 29.3 Å². The van der Waals surface area contributed by atoms with Crippen LogP contribution in [0.15, 0.2) is 77.0 Å². The largest absolute Gasteiger partial charge is 0.476 e. The van der Waals surface area contributed by atoms with E-state index in [-0.39, 0.29) is 17.7 Å². The van der Waals surface area contributed by atoms with Crippen LogP contribution in [0.5, 0.6) is 0 Å². The van der Waals surface area contributed by atoms with E-state index in [0.29, 0.717) is 39.9 Å². The molecule has 1 aliphatic carbocycles. The quantitative estimate of drug-likeness (QED) is 0.158. The van der Waals surface area contributed by atoms with E-state index in [0.717, 1.165) is 53.1 Å². The van der Waals surface area contributed by atoms with Crippen LogP contribution in [0.1, 0.15) is 45.7 Å². The molecule has 3 N–H and O–H groups in total. The Morgan fingerprint density at radius 3 is 2.30 bits per heavy atom. The lowest BCUT2D eigenvalue weighted by molar-refractivity contribution is -0.127. The monoisotopic (exact) mass is 670 g/mol. The molecular weight excluding hydrogens is 645 g/mol. The van der Waals surface area contributed by atoms with E-state index in [1.807, 2.05) is 18.2 Å². The van der Waals surface area contributed by atoms with Gasteiger partial charge in [0.05, 0.1) is 17.8 Å². The minimum absolute atomic E-state index is 0.132. The topological polar surface area (TPSA) is 128 Å². The predicted octanol–water partition coefficient (Wildman–Crippen LogP) is 6.80. The van der Waals surface area contributed by atoms with Gasteiger partial charge in [0.15, 0.2) is 5.69 Å². The molecule has 0 saturated heterocycles. The first-order valence-electron chi connectivity index (χ1n) is 14.1. The first-order chi connectivity index (χ1) is 21.7. The first-order valence-corrected chi connectivity index (χ1v) is 16.6. The number of nitrogens with zero attached hydrogens (tertiary/aromatic N) is 3. The van der Waals surface area contributed by atoms with Crippen LogP contribution in [0.25, 0.3) is 27.5 Å². The van der Waals surface area contributed by atoms with Crippen LogP contribution in [-0.4, -0.2) is 40.4 Å². The maximum atomic E-state index is 14.9. The summed E-state index contributed by atoms with van der Waals surface area (Å²) in [4.78, 5) is 15.3. The molecule has 0 radical (unpaired) electrons. The fourth-order valence-corrected chi connectivity index (χ4v) is 6.67. The van der Waals surface area contributed by atoms with E-state index >= 15 is 0 Å². The number of aromatic nitrogens is 3. The number of benzene rings is 3. The Kier molecular flexibility index (Phi) is 8.29. The van der Waals surface area contributed by atoms with Crippen molar-refractivity contribution in [3.05, 3.63) is 106 Å². The number of nitrogens with two attached hydrogens (primary N) is 1. The van der Waals surface area contributed by atoms with Crippen molar-refractivity contribution in [1.82, 2.24) is 14.8 Å². The molecule has 1 aliphatic rings. The molecule has 6 rings (SSSR count). The van der Waals surface area contributed by atoms with Crippen molar-refractivity contribution in [3.63, 3.8) is 0 Å². The van der Waals surface area contributed by atoms with Gasteiger partial charge in [0.25, 0.3) is 0 Å². The van der Waals surface area contributed by atoms with Crippen LogP contribution in [0.4, 0.5) is 17.6 Å². The second-order valence-electron chi connectivity index (χ2n) is 11.2. The van der Waals surface area contributed by atoms with Gasteiger partial charge in [-0.1, -0.05) is 48.5 Å². The van der Waals surface area contributed by atoms with Crippen molar-refractivity contribution in [2.45, 2.75) is 43.2 Å². The van der Waals surface area contributed by atoms with Crippen LogP contribution in [0.2, 0.25) is 0 Å².